The fourth-order valence-electron chi connectivity index (χ4n) is 3.06. The molecule has 0 radical (unpaired) electrons. The molecule has 3 N–H and O–H groups in total. The van der Waals surface area contributed by atoms with Gasteiger partial charge in [0.25, 0.3) is 0 Å². The van der Waals surface area contributed by atoms with Crippen LogP contribution in [-0.4, -0.2) is 11.0 Å². The summed E-state index contributed by atoms with van der Waals surface area (Å²) >= 11 is 0. The topological polar surface area (TPSA) is 51.0 Å². The zero-order valence-corrected chi connectivity index (χ0v) is 11.8. The number of nitrogens with two attached hydrogens (primary N) is 1. The lowest BCUT2D eigenvalue weighted by molar-refractivity contribution is 0.353. The van der Waals surface area contributed by atoms with Crippen LogP contribution < -0.4 is 10.5 Å². The number of ether oxygens (including phenoxy) is 1. The van der Waals surface area contributed by atoms with Crippen molar-refractivity contribution >= 4 is 10.9 Å². The normalized spacial score (nSPS) is 21.2. The molecular formula is C18H18N2O. The van der Waals surface area contributed by atoms with E-state index in [0.717, 1.165) is 29.9 Å². The molecule has 2 aromatic carbocycles. The quantitative estimate of drug-likeness (QED) is 0.755. The Bertz CT molecular complexity index is 757. The van der Waals surface area contributed by atoms with Gasteiger partial charge in [-0.1, -0.05) is 18.2 Å². The number of hydrogen-bond acceptors (Lipinski definition) is 2. The first-order valence-electron chi connectivity index (χ1n) is 7.39. The molecule has 1 fully saturated rings. The molecule has 0 aliphatic heterocycles. The molecule has 1 aliphatic carbocycles. The number of aromatic nitrogens is 1. The lowest BCUT2D eigenvalue weighted by Gasteiger charge is -2.32. The van der Waals surface area contributed by atoms with Gasteiger partial charge in [0.1, 0.15) is 11.5 Å². The molecule has 21 heavy (non-hydrogen) atoms. The van der Waals surface area contributed by atoms with Crippen LogP contribution in [0.4, 0.5) is 0 Å². The lowest BCUT2D eigenvalue weighted by Crippen LogP contribution is -2.34. The van der Waals surface area contributed by atoms with E-state index in [-0.39, 0.29) is 0 Å². The highest BCUT2D eigenvalue weighted by Gasteiger charge is 2.29. The lowest BCUT2D eigenvalue weighted by atomic mass is 9.76. The summed E-state index contributed by atoms with van der Waals surface area (Å²) in [7, 11) is 0. The van der Waals surface area contributed by atoms with Crippen LogP contribution >= 0.6 is 0 Å². The van der Waals surface area contributed by atoms with Crippen LogP contribution in [0.5, 0.6) is 11.5 Å². The Morgan fingerprint density at radius 2 is 1.81 bits per heavy atom. The molecule has 3 nitrogen and oxygen atoms in total. The van der Waals surface area contributed by atoms with Gasteiger partial charge in [-0.25, -0.2) is 0 Å². The smallest absolute Gasteiger partial charge is 0.128 e. The largest absolute Gasteiger partial charge is 0.457 e. The third-order valence-corrected chi connectivity index (χ3v) is 4.28. The van der Waals surface area contributed by atoms with Gasteiger partial charge in [-0.2, -0.15) is 0 Å². The van der Waals surface area contributed by atoms with Gasteiger partial charge >= 0.3 is 0 Å². The Balaban J connectivity index is 1.67. The SMILES string of the molecule is N[C@H]1C[C@H](c2c[nH]c3ccc(Oc4ccccc4)cc32)C1. The number of benzene rings is 2. The number of nitrogens with one attached hydrogen (secondary N) is 1. The Kier molecular flexibility index (Phi) is 2.93. The van der Waals surface area contributed by atoms with Crippen molar-refractivity contribution in [3.63, 3.8) is 0 Å². The maximum atomic E-state index is 5.92. The standard InChI is InChI=1S/C18H18N2O/c19-13-8-12(9-13)17-11-20-18-7-6-15(10-16(17)18)21-14-4-2-1-3-5-14/h1-7,10-13,20H,8-9,19H2/t12-,13-. The van der Waals surface area contributed by atoms with Crippen LogP contribution in [0.15, 0.2) is 54.7 Å². The summed E-state index contributed by atoms with van der Waals surface area (Å²) < 4.78 is 5.92. The minimum absolute atomic E-state index is 0.365. The van der Waals surface area contributed by atoms with Crippen LogP contribution in [-0.2, 0) is 0 Å². The number of rotatable bonds is 3. The van der Waals surface area contributed by atoms with E-state index in [0.29, 0.717) is 12.0 Å². The number of H-pyrrole nitrogens is 1. The molecule has 0 unspecified atom stereocenters. The molecule has 106 valence electrons. The second-order valence-corrected chi connectivity index (χ2v) is 5.79. The summed E-state index contributed by atoms with van der Waals surface area (Å²) in [6, 6.07) is 16.4. The molecule has 1 heterocycles. The summed E-state index contributed by atoms with van der Waals surface area (Å²) in [5.41, 5.74) is 8.44. The Hall–Kier alpha value is -2.26. The third-order valence-electron chi connectivity index (χ3n) is 4.28. The van der Waals surface area contributed by atoms with Crippen molar-refractivity contribution in [1.82, 2.24) is 4.98 Å². The van der Waals surface area contributed by atoms with Crippen LogP contribution in [0.25, 0.3) is 10.9 Å². The van der Waals surface area contributed by atoms with Crippen LogP contribution in [0.2, 0.25) is 0 Å². The maximum absolute atomic E-state index is 5.92. The molecule has 3 aromatic rings. The Morgan fingerprint density at radius 1 is 1.00 bits per heavy atom. The summed E-state index contributed by atoms with van der Waals surface area (Å²) in [6.07, 6.45) is 4.28. The van der Waals surface area contributed by atoms with E-state index in [1.165, 1.54) is 10.9 Å². The summed E-state index contributed by atoms with van der Waals surface area (Å²) in [4.78, 5) is 3.35. The zero-order chi connectivity index (χ0) is 14.2. The first-order valence-corrected chi connectivity index (χ1v) is 7.39. The van der Waals surface area contributed by atoms with Gasteiger partial charge in [-0.15, -0.1) is 0 Å². The highest BCUT2D eigenvalue weighted by atomic mass is 16.5. The van der Waals surface area contributed by atoms with Gasteiger partial charge in [0, 0.05) is 23.1 Å². The predicted molar refractivity (Wildman–Crippen MR) is 84.8 cm³/mol. The van der Waals surface area contributed by atoms with Crippen molar-refractivity contribution in [3.05, 3.63) is 60.3 Å². The van der Waals surface area contributed by atoms with E-state index in [1.54, 1.807) is 0 Å². The van der Waals surface area contributed by atoms with Gasteiger partial charge in [0.15, 0.2) is 0 Å². The average Bonchev–Trinajstić information content (AvgIpc) is 2.88. The van der Waals surface area contributed by atoms with E-state index < -0.39 is 0 Å². The predicted octanol–water partition coefficient (Wildman–Crippen LogP) is 4.16. The molecule has 1 saturated carbocycles. The van der Waals surface area contributed by atoms with E-state index in [9.17, 15) is 0 Å². The van der Waals surface area contributed by atoms with Gasteiger partial charge in [0.05, 0.1) is 0 Å². The Labute approximate surface area is 123 Å². The molecule has 0 saturated heterocycles. The molecule has 1 aliphatic rings. The fraction of sp³-hybridized carbons (Fsp3) is 0.222. The molecule has 1 aromatic heterocycles. The summed E-state index contributed by atoms with van der Waals surface area (Å²) in [5, 5.41) is 1.25. The number of fused-ring (bicyclic) bond motifs is 1. The van der Waals surface area contributed by atoms with E-state index in [1.807, 2.05) is 36.4 Å². The molecule has 0 amide bonds. The maximum Gasteiger partial charge on any atom is 0.128 e. The van der Waals surface area contributed by atoms with Crippen molar-refractivity contribution in [2.45, 2.75) is 24.8 Å². The van der Waals surface area contributed by atoms with Crippen LogP contribution in [0.3, 0.4) is 0 Å². The summed E-state index contributed by atoms with van der Waals surface area (Å²) in [6.45, 7) is 0. The van der Waals surface area contributed by atoms with Gasteiger partial charge < -0.3 is 15.5 Å². The van der Waals surface area contributed by atoms with Crippen LogP contribution in [0, 0.1) is 0 Å². The van der Waals surface area contributed by atoms with Gasteiger partial charge in [0.2, 0.25) is 0 Å². The zero-order valence-electron chi connectivity index (χ0n) is 11.8. The van der Waals surface area contributed by atoms with Gasteiger partial charge in [-0.3, -0.25) is 0 Å². The third kappa shape index (κ3) is 2.30. The first kappa shape index (κ1) is 12.5. The second-order valence-electron chi connectivity index (χ2n) is 5.79. The highest BCUT2D eigenvalue weighted by Crippen LogP contribution is 2.40. The van der Waals surface area contributed by atoms with E-state index >= 15 is 0 Å². The first-order chi connectivity index (χ1) is 10.3. The summed E-state index contributed by atoms with van der Waals surface area (Å²) in [5.74, 6) is 2.32. The van der Waals surface area contributed by atoms with Crippen molar-refractivity contribution in [3.8, 4) is 11.5 Å². The second kappa shape index (κ2) is 4.93. The van der Waals surface area contributed by atoms with Crippen molar-refractivity contribution in [2.24, 2.45) is 5.73 Å². The number of para-hydroxylation sites is 1. The minimum atomic E-state index is 0.365. The number of aromatic amines is 1. The highest BCUT2D eigenvalue weighted by molar-refractivity contribution is 5.85. The van der Waals surface area contributed by atoms with Crippen molar-refractivity contribution in [2.75, 3.05) is 0 Å². The van der Waals surface area contributed by atoms with E-state index in [2.05, 4.69) is 23.3 Å². The van der Waals surface area contributed by atoms with Crippen LogP contribution in [0.1, 0.15) is 24.3 Å². The average molecular weight is 278 g/mol. The molecule has 4 rings (SSSR count). The molecule has 0 spiro atoms. The molecule has 0 bridgehead atoms. The molecular weight excluding hydrogens is 260 g/mol. The molecule has 0 atom stereocenters. The minimum Gasteiger partial charge on any atom is -0.457 e. The Morgan fingerprint density at radius 3 is 2.57 bits per heavy atom. The number of hydrogen-bond donors (Lipinski definition) is 2. The fourth-order valence-corrected chi connectivity index (χ4v) is 3.06. The van der Waals surface area contributed by atoms with Crippen molar-refractivity contribution in [1.29, 1.82) is 0 Å². The van der Waals surface area contributed by atoms with E-state index in [4.69, 9.17) is 10.5 Å². The monoisotopic (exact) mass is 278 g/mol. The van der Waals surface area contributed by atoms with Gasteiger partial charge in [-0.05, 0) is 54.7 Å². The van der Waals surface area contributed by atoms with Crippen molar-refractivity contribution < 1.29 is 4.74 Å². The molecule has 3 heteroatoms.